The number of carbonyl (C=O) groups is 2. The lowest BCUT2D eigenvalue weighted by Gasteiger charge is -2.15. The maximum atomic E-state index is 11.9. The van der Waals surface area contributed by atoms with Gasteiger partial charge in [0, 0.05) is 19.4 Å². The first-order valence-corrected chi connectivity index (χ1v) is 8.06. The van der Waals surface area contributed by atoms with Gasteiger partial charge in [-0.2, -0.15) is 0 Å². The van der Waals surface area contributed by atoms with Crippen LogP contribution in [0.25, 0.3) is 0 Å². The third-order valence-electron chi connectivity index (χ3n) is 4.26. The molecule has 1 aliphatic rings. The Kier molecular flexibility index (Phi) is 8.31. The maximum Gasteiger partial charge on any atom is 0.303 e. The fourth-order valence-electron chi connectivity index (χ4n) is 2.87. The Labute approximate surface area is 122 Å². The zero-order valence-corrected chi connectivity index (χ0v) is 12.7. The van der Waals surface area contributed by atoms with Crippen LogP contribution in [-0.2, 0) is 9.59 Å². The Morgan fingerprint density at radius 3 is 2.40 bits per heavy atom. The summed E-state index contributed by atoms with van der Waals surface area (Å²) >= 11 is 0. The van der Waals surface area contributed by atoms with Gasteiger partial charge in [-0.1, -0.05) is 32.6 Å². The Balaban J connectivity index is 2.08. The summed E-state index contributed by atoms with van der Waals surface area (Å²) in [6, 6.07) is 0. The lowest BCUT2D eigenvalue weighted by atomic mass is 9.96. The fourth-order valence-corrected chi connectivity index (χ4v) is 2.87. The highest BCUT2D eigenvalue weighted by atomic mass is 16.4. The molecule has 0 spiro atoms. The summed E-state index contributed by atoms with van der Waals surface area (Å²) < 4.78 is 0. The van der Waals surface area contributed by atoms with Gasteiger partial charge in [-0.3, -0.25) is 9.59 Å². The van der Waals surface area contributed by atoms with Crippen molar-refractivity contribution in [3.05, 3.63) is 0 Å². The summed E-state index contributed by atoms with van der Waals surface area (Å²) in [5.74, 6) is 0.350. The van der Waals surface area contributed by atoms with Crippen molar-refractivity contribution in [1.29, 1.82) is 0 Å². The Bertz CT molecular complexity index is 296. The predicted octanol–water partition coefficient (Wildman–Crippen LogP) is 3.35. The predicted molar refractivity (Wildman–Crippen MR) is 79.5 cm³/mol. The zero-order valence-electron chi connectivity index (χ0n) is 12.7. The highest BCUT2D eigenvalue weighted by molar-refractivity contribution is 5.76. The molecule has 116 valence electrons. The third kappa shape index (κ3) is 8.18. The van der Waals surface area contributed by atoms with Gasteiger partial charge in [-0.25, -0.2) is 0 Å². The molecule has 0 aromatic heterocycles. The second-order valence-corrected chi connectivity index (χ2v) is 6.24. The van der Waals surface area contributed by atoms with E-state index in [1.165, 1.54) is 38.5 Å². The fraction of sp³-hybridized carbons (Fsp3) is 0.875. The number of amides is 1. The van der Waals surface area contributed by atoms with Crippen molar-refractivity contribution in [2.45, 2.75) is 71.1 Å². The van der Waals surface area contributed by atoms with Crippen molar-refractivity contribution < 1.29 is 14.7 Å². The summed E-state index contributed by atoms with van der Waals surface area (Å²) in [4.78, 5) is 22.3. The van der Waals surface area contributed by atoms with E-state index in [2.05, 4.69) is 5.32 Å². The molecule has 1 fully saturated rings. The minimum absolute atomic E-state index is 0.169. The first kappa shape index (κ1) is 17.0. The molecule has 1 unspecified atom stereocenters. The van der Waals surface area contributed by atoms with Crippen LogP contribution in [0, 0.1) is 11.8 Å². The van der Waals surface area contributed by atoms with Gasteiger partial charge in [0.25, 0.3) is 0 Å². The summed E-state index contributed by atoms with van der Waals surface area (Å²) in [5.41, 5.74) is 0. The average Bonchev–Trinajstić information content (AvgIpc) is 2.65. The van der Waals surface area contributed by atoms with Gasteiger partial charge < -0.3 is 10.4 Å². The standard InChI is InChI=1S/C16H29NO3/c1-13(8-9-16(19)20)10-11-17-15(18)12-14-6-4-2-3-5-7-14/h13-14H,2-12H2,1H3,(H,17,18)(H,19,20). The van der Waals surface area contributed by atoms with Crippen molar-refractivity contribution in [2.75, 3.05) is 6.54 Å². The topological polar surface area (TPSA) is 66.4 Å². The van der Waals surface area contributed by atoms with Crippen LogP contribution in [0.3, 0.4) is 0 Å². The Hall–Kier alpha value is -1.06. The van der Waals surface area contributed by atoms with Crippen molar-refractivity contribution in [2.24, 2.45) is 11.8 Å². The molecule has 2 N–H and O–H groups in total. The van der Waals surface area contributed by atoms with Crippen molar-refractivity contribution >= 4 is 11.9 Å². The van der Waals surface area contributed by atoms with E-state index in [9.17, 15) is 9.59 Å². The number of hydrogen-bond donors (Lipinski definition) is 2. The zero-order chi connectivity index (χ0) is 14.8. The minimum Gasteiger partial charge on any atom is -0.481 e. The summed E-state index contributed by atoms with van der Waals surface area (Å²) in [6.07, 6.45) is 10.0. The molecule has 0 saturated heterocycles. The average molecular weight is 283 g/mol. The molecular weight excluding hydrogens is 254 g/mol. The largest absolute Gasteiger partial charge is 0.481 e. The summed E-state index contributed by atoms with van der Waals surface area (Å²) in [7, 11) is 0. The molecule has 1 atom stereocenters. The summed E-state index contributed by atoms with van der Waals surface area (Å²) in [5, 5.41) is 11.6. The van der Waals surface area contributed by atoms with E-state index >= 15 is 0 Å². The molecule has 0 radical (unpaired) electrons. The second-order valence-electron chi connectivity index (χ2n) is 6.24. The first-order chi connectivity index (χ1) is 9.58. The van der Waals surface area contributed by atoms with Crippen molar-refractivity contribution in [3.63, 3.8) is 0 Å². The minimum atomic E-state index is -0.741. The van der Waals surface area contributed by atoms with Gasteiger partial charge in [0.15, 0.2) is 0 Å². The van der Waals surface area contributed by atoms with Crippen LogP contribution < -0.4 is 5.32 Å². The Morgan fingerprint density at radius 2 is 1.80 bits per heavy atom. The monoisotopic (exact) mass is 283 g/mol. The number of carbonyl (C=O) groups excluding carboxylic acids is 1. The van der Waals surface area contributed by atoms with E-state index in [1.807, 2.05) is 6.92 Å². The van der Waals surface area contributed by atoms with Crippen LogP contribution in [0.15, 0.2) is 0 Å². The summed E-state index contributed by atoms with van der Waals surface area (Å²) in [6.45, 7) is 2.72. The second kappa shape index (κ2) is 9.78. The van der Waals surface area contributed by atoms with Crippen molar-refractivity contribution in [3.8, 4) is 0 Å². The molecule has 1 saturated carbocycles. The van der Waals surface area contributed by atoms with Crippen LogP contribution >= 0.6 is 0 Å². The molecule has 1 aliphatic carbocycles. The normalized spacial score (nSPS) is 18.2. The number of aliphatic carboxylic acids is 1. The van der Waals surface area contributed by atoms with Gasteiger partial charge in [0.05, 0.1) is 0 Å². The molecule has 1 rings (SSSR count). The molecule has 0 aromatic carbocycles. The van der Waals surface area contributed by atoms with Crippen LogP contribution in [0.2, 0.25) is 0 Å². The molecule has 1 amide bonds. The van der Waals surface area contributed by atoms with E-state index in [1.54, 1.807) is 0 Å². The molecule has 4 nitrogen and oxygen atoms in total. The maximum absolute atomic E-state index is 11.9. The van der Waals surface area contributed by atoms with Crippen LogP contribution in [0.4, 0.5) is 0 Å². The number of nitrogens with one attached hydrogen (secondary N) is 1. The molecule has 0 heterocycles. The number of carboxylic acids is 1. The van der Waals surface area contributed by atoms with Gasteiger partial charge in [-0.15, -0.1) is 0 Å². The molecule has 0 aliphatic heterocycles. The lowest BCUT2D eigenvalue weighted by Crippen LogP contribution is -2.27. The number of hydrogen-bond acceptors (Lipinski definition) is 2. The molecule has 20 heavy (non-hydrogen) atoms. The number of rotatable bonds is 8. The quantitative estimate of drug-likeness (QED) is 0.671. The molecular formula is C16H29NO3. The van der Waals surface area contributed by atoms with Gasteiger partial charge >= 0.3 is 5.97 Å². The van der Waals surface area contributed by atoms with E-state index in [4.69, 9.17) is 5.11 Å². The smallest absolute Gasteiger partial charge is 0.303 e. The highest BCUT2D eigenvalue weighted by Gasteiger charge is 2.16. The first-order valence-electron chi connectivity index (χ1n) is 8.06. The molecule has 4 heteroatoms. The van der Waals surface area contributed by atoms with Gasteiger partial charge in [0.1, 0.15) is 0 Å². The molecule has 0 aromatic rings. The third-order valence-corrected chi connectivity index (χ3v) is 4.26. The van der Waals surface area contributed by atoms with E-state index in [0.717, 1.165) is 6.42 Å². The van der Waals surface area contributed by atoms with Crippen molar-refractivity contribution in [1.82, 2.24) is 5.32 Å². The lowest BCUT2D eigenvalue weighted by molar-refractivity contribution is -0.137. The van der Waals surface area contributed by atoms with Gasteiger partial charge in [0.2, 0.25) is 5.91 Å². The van der Waals surface area contributed by atoms with Crippen LogP contribution in [0.5, 0.6) is 0 Å². The van der Waals surface area contributed by atoms with E-state index in [0.29, 0.717) is 31.2 Å². The highest BCUT2D eigenvalue weighted by Crippen LogP contribution is 2.25. The van der Waals surface area contributed by atoms with Crippen LogP contribution in [-0.4, -0.2) is 23.5 Å². The van der Waals surface area contributed by atoms with Gasteiger partial charge in [-0.05, 0) is 37.5 Å². The molecule has 0 bridgehead atoms. The van der Waals surface area contributed by atoms with E-state index in [-0.39, 0.29) is 12.3 Å². The number of carboxylic acid groups (broad SMARTS) is 1. The Morgan fingerprint density at radius 1 is 1.15 bits per heavy atom. The van der Waals surface area contributed by atoms with E-state index < -0.39 is 5.97 Å². The SMILES string of the molecule is CC(CCNC(=O)CC1CCCCCC1)CCC(=O)O. The van der Waals surface area contributed by atoms with Crippen LogP contribution in [0.1, 0.15) is 71.1 Å².